The molecule has 0 atom stereocenters. The molecule has 3 aromatic heterocycles. The first kappa shape index (κ1) is 20.4. The van der Waals surface area contributed by atoms with Gasteiger partial charge in [-0.25, -0.2) is 4.98 Å². The number of pyridine rings is 1. The largest absolute Gasteiger partial charge is 0.508 e. The van der Waals surface area contributed by atoms with Gasteiger partial charge >= 0.3 is 0 Å². The van der Waals surface area contributed by atoms with E-state index < -0.39 is 11.5 Å². The van der Waals surface area contributed by atoms with E-state index >= 15 is 0 Å². The van der Waals surface area contributed by atoms with Crippen molar-refractivity contribution in [1.29, 1.82) is 0 Å². The second kappa shape index (κ2) is 8.84. The van der Waals surface area contributed by atoms with Gasteiger partial charge in [-0.2, -0.15) is 0 Å². The summed E-state index contributed by atoms with van der Waals surface area (Å²) in [7, 11) is 0. The summed E-state index contributed by atoms with van der Waals surface area (Å²) < 4.78 is 1.74. The van der Waals surface area contributed by atoms with Gasteiger partial charge in [-0.15, -0.1) is 11.3 Å². The summed E-state index contributed by atoms with van der Waals surface area (Å²) in [6.07, 6.45) is 3.38. The first-order valence-corrected chi connectivity index (χ1v) is 10.3. The Balaban J connectivity index is 1.49. The summed E-state index contributed by atoms with van der Waals surface area (Å²) in [5.74, 6) is -1.03. The maximum absolute atomic E-state index is 13.2. The standard InChI is InChI=1S/C21H19N5O4S/c27-15-10-16(24-18(28)11-15)19(29)22-6-8-25(12-14-4-2-1-3-5-14)20(30)17-13-31-21-23-7-9-26(17)21/h1-5,7,9-11,13H,6,8,12H2,(H,22,29)(H2,24,27,28). The summed E-state index contributed by atoms with van der Waals surface area (Å²) in [4.78, 5) is 46.0. The Kier molecular flexibility index (Phi) is 5.80. The Labute approximate surface area is 180 Å². The van der Waals surface area contributed by atoms with Crippen molar-refractivity contribution in [1.82, 2.24) is 24.6 Å². The van der Waals surface area contributed by atoms with Gasteiger partial charge in [-0.3, -0.25) is 18.8 Å². The van der Waals surface area contributed by atoms with Crippen LogP contribution < -0.4 is 10.9 Å². The second-order valence-electron chi connectivity index (χ2n) is 6.79. The smallest absolute Gasteiger partial charge is 0.272 e. The molecule has 9 nitrogen and oxygen atoms in total. The number of aromatic amines is 1. The van der Waals surface area contributed by atoms with E-state index in [1.54, 1.807) is 27.1 Å². The van der Waals surface area contributed by atoms with Gasteiger partial charge in [0, 0.05) is 49.5 Å². The monoisotopic (exact) mass is 437 g/mol. The molecular formula is C21H19N5O4S. The molecule has 0 saturated heterocycles. The van der Waals surface area contributed by atoms with E-state index in [9.17, 15) is 19.5 Å². The van der Waals surface area contributed by atoms with Crippen molar-refractivity contribution in [2.24, 2.45) is 0 Å². The van der Waals surface area contributed by atoms with Gasteiger partial charge in [0.15, 0.2) is 4.96 Å². The van der Waals surface area contributed by atoms with E-state index in [1.165, 1.54) is 17.4 Å². The maximum Gasteiger partial charge on any atom is 0.272 e. The van der Waals surface area contributed by atoms with Crippen LogP contribution in [0.4, 0.5) is 0 Å². The van der Waals surface area contributed by atoms with Crippen LogP contribution in [-0.2, 0) is 6.54 Å². The first-order valence-electron chi connectivity index (χ1n) is 9.46. The number of aromatic nitrogens is 3. The number of H-pyrrole nitrogens is 1. The lowest BCUT2D eigenvalue weighted by Crippen LogP contribution is -2.39. The molecule has 0 aliphatic heterocycles. The van der Waals surface area contributed by atoms with Crippen LogP contribution in [0.2, 0.25) is 0 Å². The van der Waals surface area contributed by atoms with Crippen LogP contribution in [0.3, 0.4) is 0 Å². The highest BCUT2D eigenvalue weighted by Crippen LogP contribution is 2.17. The van der Waals surface area contributed by atoms with Gasteiger partial charge in [0.05, 0.1) is 0 Å². The van der Waals surface area contributed by atoms with E-state index in [2.05, 4.69) is 15.3 Å². The van der Waals surface area contributed by atoms with Gasteiger partial charge < -0.3 is 20.3 Å². The molecule has 3 heterocycles. The molecule has 158 valence electrons. The lowest BCUT2D eigenvalue weighted by molar-refractivity contribution is 0.0730. The summed E-state index contributed by atoms with van der Waals surface area (Å²) >= 11 is 1.38. The predicted octanol–water partition coefficient (Wildman–Crippen LogP) is 1.86. The molecule has 0 bridgehead atoms. The zero-order valence-corrected chi connectivity index (χ0v) is 17.1. The molecule has 0 radical (unpaired) electrons. The van der Waals surface area contributed by atoms with Crippen molar-refractivity contribution in [3.05, 3.63) is 87.5 Å². The van der Waals surface area contributed by atoms with E-state index in [1.807, 2.05) is 30.3 Å². The van der Waals surface area contributed by atoms with Crippen molar-refractivity contribution < 1.29 is 14.7 Å². The maximum atomic E-state index is 13.2. The highest BCUT2D eigenvalue weighted by molar-refractivity contribution is 7.15. The molecule has 0 saturated carbocycles. The van der Waals surface area contributed by atoms with Gasteiger partial charge in [0.2, 0.25) is 0 Å². The predicted molar refractivity (Wildman–Crippen MR) is 115 cm³/mol. The van der Waals surface area contributed by atoms with Gasteiger partial charge in [-0.1, -0.05) is 30.3 Å². The molecule has 3 N–H and O–H groups in total. The number of amides is 2. The number of imidazole rings is 1. The molecule has 31 heavy (non-hydrogen) atoms. The molecule has 0 aliphatic carbocycles. The Morgan fingerprint density at radius 2 is 2.03 bits per heavy atom. The summed E-state index contributed by atoms with van der Waals surface area (Å²) in [6.45, 7) is 0.769. The van der Waals surface area contributed by atoms with Crippen molar-refractivity contribution in [2.45, 2.75) is 6.54 Å². The minimum absolute atomic E-state index is 0.0519. The fourth-order valence-electron chi connectivity index (χ4n) is 3.15. The molecule has 0 spiro atoms. The lowest BCUT2D eigenvalue weighted by atomic mass is 10.2. The third-order valence-corrected chi connectivity index (χ3v) is 5.46. The number of hydrogen-bond donors (Lipinski definition) is 3. The molecule has 0 fully saturated rings. The Hall–Kier alpha value is -3.92. The Bertz CT molecular complexity index is 1280. The number of rotatable bonds is 7. The number of thiazole rings is 1. The number of nitrogens with zero attached hydrogens (tertiary/aromatic N) is 3. The molecule has 1 aromatic carbocycles. The molecular weight excluding hydrogens is 418 g/mol. The molecule has 2 amide bonds. The number of benzene rings is 1. The van der Waals surface area contributed by atoms with Gasteiger partial charge in [0.1, 0.15) is 17.1 Å². The van der Waals surface area contributed by atoms with Crippen LogP contribution in [0.25, 0.3) is 4.96 Å². The topological polar surface area (TPSA) is 120 Å². The van der Waals surface area contributed by atoms with Crippen molar-refractivity contribution in [3.8, 4) is 5.75 Å². The van der Waals surface area contributed by atoms with Crippen molar-refractivity contribution in [2.75, 3.05) is 13.1 Å². The van der Waals surface area contributed by atoms with Crippen molar-refractivity contribution >= 4 is 28.1 Å². The zero-order valence-electron chi connectivity index (χ0n) is 16.3. The Morgan fingerprint density at radius 1 is 1.23 bits per heavy atom. The molecule has 4 aromatic rings. The fraction of sp³-hybridized carbons (Fsp3) is 0.143. The lowest BCUT2D eigenvalue weighted by Gasteiger charge is -2.23. The minimum atomic E-state index is -0.576. The minimum Gasteiger partial charge on any atom is -0.508 e. The first-order chi connectivity index (χ1) is 15.0. The molecule has 4 rings (SSSR count). The second-order valence-corrected chi connectivity index (χ2v) is 7.62. The highest BCUT2D eigenvalue weighted by Gasteiger charge is 2.20. The van der Waals surface area contributed by atoms with Crippen LogP contribution in [0.5, 0.6) is 5.75 Å². The number of hydrogen-bond acceptors (Lipinski definition) is 6. The number of fused-ring (bicyclic) bond motifs is 1. The zero-order chi connectivity index (χ0) is 21.8. The van der Waals surface area contributed by atoms with E-state index in [4.69, 9.17) is 0 Å². The molecule has 10 heteroatoms. The van der Waals surface area contributed by atoms with Gasteiger partial charge in [0.25, 0.3) is 17.4 Å². The van der Waals surface area contributed by atoms with E-state index in [0.29, 0.717) is 12.2 Å². The molecule has 0 aliphatic rings. The van der Waals surface area contributed by atoms with Crippen LogP contribution in [0.1, 0.15) is 26.5 Å². The van der Waals surface area contributed by atoms with Gasteiger partial charge in [-0.05, 0) is 5.56 Å². The third-order valence-electron chi connectivity index (χ3n) is 4.61. The number of carbonyl (C=O) groups is 2. The summed E-state index contributed by atoms with van der Waals surface area (Å²) in [5, 5.41) is 13.9. The molecule has 0 unspecified atom stereocenters. The Morgan fingerprint density at radius 3 is 2.81 bits per heavy atom. The average Bonchev–Trinajstić information content (AvgIpc) is 3.36. The van der Waals surface area contributed by atoms with Crippen LogP contribution in [0, 0.1) is 0 Å². The summed E-state index contributed by atoms with van der Waals surface area (Å²) in [6, 6.07) is 11.7. The number of nitrogens with one attached hydrogen (secondary N) is 2. The van der Waals surface area contributed by atoms with Crippen LogP contribution in [0.15, 0.2) is 65.0 Å². The third kappa shape index (κ3) is 4.64. The highest BCUT2D eigenvalue weighted by atomic mass is 32.1. The van der Waals surface area contributed by atoms with Crippen molar-refractivity contribution in [3.63, 3.8) is 0 Å². The number of carbonyl (C=O) groups excluding carboxylic acids is 2. The SMILES string of the molecule is O=C(NCCN(Cc1ccccc1)C(=O)c1csc2nccn12)c1cc(O)cc(=O)[nH]1. The van der Waals surface area contributed by atoms with Crippen LogP contribution >= 0.6 is 11.3 Å². The fourth-order valence-corrected chi connectivity index (χ4v) is 3.97. The van der Waals surface area contributed by atoms with Crippen LogP contribution in [-0.4, -0.2) is 49.3 Å². The summed E-state index contributed by atoms with van der Waals surface area (Å²) in [5.41, 5.74) is 0.824. The van der Waals surface area contributed by atoms with E-state index in [0.717, 1.165) is 16.6 Å². The normalized spacial score (nSPS) is 10.8. The average molecular weight is 437 g/mol. The number of aromatic hydroxyl groups is 1. The quantitative estimate of drug-likeness (QED) is 0.408. The van der Waals surface area contributed by atoms with E-state index in [-0.39, 0.29) is 30.4 Å².